The Morgan fingerprint density at radius 1 is 1.05 bits per heavy atom. The normalized spacial score (nSPS) is 13.0. The van der Waals surface area contributed by atoms with E-state index in [4.69, 9.17) is 11.6 Å². The Labute approximate surface area is 120 Å². The first kappa shape index (κ1) is 15.3. The predicted octanol–water partition coefficient (Wildman–Crippen LogP) is 4.84. The van der Waals surface area contributed by atoms with Crippen molar-refractivity contribution < 1.29 is 26.3 Å². The minimum Gasteiger partial charge on any atom is -0.226 e. The van der Waals surface area contributed by atoms with Crippen LogP contribution in [0.5, 0.6) is 0 Å². The molecule has 108 valence electrons. The minimum atomic E-state index is -5.88. The van der Waals surface area contributed by atoms with Crippen LogP contribution in [-0.2, 0) is 5.92 Å². The average molecular weight is 379 g/mol. The molecule has 1 aromatic carbocycles. The van der Waals surface area contributed by atoms with Crippen LogP contribution in [0, 0.1) is 5.82 Å². The Hall–Kier alpha value is -1.09. The highest BCUT2D eigenvalue weighted by atomic mass is 79.9. The zero-order valence-electron chi connectivity index (χ0n) is 9.07. The van der Waals surface area contributed by atoms with Crippen LogP contribution in [-0.4, -0.2) is 16.1 Å². The Kier molecular flexibility index (Phi) is 3.62. The molecule has 1 aromatic heterocycles. The molecule has 2 rings (SSSR count). The molecule has 1 heterocycles. The third-order valence-electron chi connectivity index (χ3n) is 2.33. The lowest BCUT2D eigenvalue weighted by Gasteiger charge is -2.18. The Morgan fingerprint density at radius 2 is 1.65 bits per heavy atom. The highest BCUT2D eigenvalue weighted by molar-refractivity contribution is 9.10. The number of rotatable bonds is 1. The second kappa shape index (κ2) is 4.73. The lowest BCUT2D eigenvalue weighted by atomic mass is 10.2. The molecule has 0 atom stereocenters. The molecule has 2 nitrogen and oxygen atoms in total. The summed E-state index contributed by atoms with van der Waals surface area (Å²) < 4.78 is 76.2. The van der Waals surface area contributed by atoms with Crippen LogP contribution in [0.25, 0.3) is 10.9 Å². The van der Waals surface area contributed by atoms with Gasteiger partial charge in [0.05, 0.1) is 9.99 Å². The summed E-state index contributed by atoms with van der Waals surface area (Å²) in [5, 5.41) is -0.684. The Morgan fingerprint density at radius 3 is 2.20 bits per heavy atom. The van der Waals surface area contributed by atoms with E-state index in [-0.39, 0.29) is 9.86 Å². The van der Waals surface area contributed by atoms with Crippen molar-refractivity contribution >= 4 is 38.4 Å². The summed E-state index contributed by atoms with van der Waals surface area (Å²) in [6, 6.07) is 1.77. The van der Waals surface area contributed by atoms with Gasteiger partial charge in [0.25, 0.3) is 0 Å². The summed E-state index contributed by atoms with van der Waals surface area (Å²) in [5.41, 5.74) is -0.454. The van der Waals surface area contributed by atoms with Gasteiger partial charge in [-0.3, -0.25) is 0 Å². The third-order valence-corrected chi connectivity index (χ3v) is 3.22. The quantitative estimate of drug-likeness (QED) is 0.523. The van der Waals surface area contributed by atoms with E-state index in [2.05, 4.69) is 25.9 Å². The molecule has 2 aromatic rings. The van der Waals surface area contributed by atoms with Crippen molar-refractivity contribution in [3.05, 3.63) is 33.4 Å². The number of alkyl halides is 5. The van der Waals surface area contributed by atoms with Crippen LogP contribution >= 0.6 is 27.5 Å². The van der Waals surface area contributed by atoms with Gasteiger partial charge in [-0.15, -0.1) is 0 Å². The van der Waals surface area contributed by atoms with Crippen LogP contribution in [0.3, 0.4) is 0 Å². The number of nitrogens with zero attached hydrogens (tertiary/aromatic N) is 2. The molecule has 20 heavy (non-hydrogen) atoms. The van der Waals surface area contributed by atoms with Gasteiger partial charge < -0.3 is 0 Å². The van der Waals surface area contributed by atoms with Crippen molar-refractivity contribution in [2.75, 3.05) is 0 Å². The summed E-state index contributed by atoms with van der Waals surface area (Å²) in [5.74, 6) is -7.99. The zero-order chi connectivity index (χ0) is 15.3. The molecule has 0 saturated carbocycles. The topological polar surface area (TPSA) is 25.8 Å². The summed E-state index contributed by atoms with van der Waals surface area (Å²) in [6.45, 7) is 0. The number of hydrogen-bond acceptors (Lipinski definition) is 2. The molecular weight excluding hydrogens is 377 g/mol. The van der Waals surface area contributed by atoms with E-state index < -0.39 is 34.4 Å². The molecule has 0 amide bonds. The Bertz CT molecular complexity index is 687. The monoisotopic (exact) mass is 378 g/mol. The maximum absolute atomic E-state index is 13.3. The fourth-order valence-electron chi connectivity index (χ4n) is 1.35. The maximum atomic E-state index is 13.3. The van der Waals surface area contributed by atoms with Crippen molar-refractivity contribution in [1.82, 2.24) is 9.97 Å². The van der Waals surface area contributed by atoms with Gasteiger partial charge in [0.2, 0.25) is 5.82 Å². The van der Waals surface area contributed by atoms with Crippen LogP contribution < -0.4 is 0 Å². The van der Waals surface area contributed by atoms with E-state index in [9.17, 15) is 26.3 Å². The molecule has 0 unspecified atom stereocenters. The standard InChI is InChI=1S/C10H2BrClF6N2/c11-4-1-3-6(2-5(4)13)19-8(20-7(3)12)9(14,15)10(16,17)18/h1-2H. The SMILES string of the molecule is Fc1cc2nc(C(F)(F)C(F)(F)F)nc(Cl)c2cc1Br. The first-order valence-corrected chi connectivity index (χ1v) is 5.98. The van der Waals surface area contributed by atoms with Crippen molar-refractivity contribution in [2.24, 2.45) is 0 Å². The molecular formula is C10H2BrClF6N2. The van der Waals surface area contributed by atoms with Crippen LogP contribution in [0.4, 0.5) is 26.3 Å². The van der Waals surface area contributed by atoms with Gasteiger partial charge in [-0.2, -0.15) is 22.0 Å². The van der Waals surface area contributed by atoms with Gasteiger partial charge in [0.1, 0.15) is 11.0 Å². The summed E-state index contributed by atoms with van der Waals surface area (Å²) in [4.78, 5) is 6.00. The molecule has 0 N–H and O–H groups in total. The van der Waals surface area contributed by atoms with Crippen molar-refractivity contribution in [3.63, 3.8) is 0 Å². The van der Waals surface area contributed by atoms with Gasteiger partial charge in [-0.1, -0.05) is 11.6 Å². The van der Waals surface area contributed by atoms with Crippen LogP contribution in [0.2, 0.25) is 5.15 Å². The molecule has 0 aliphatic heterocycles. The maximum Gasteiger partial charge on any atom is 0.461 e. The summed E-state index contributed by atoms with van der Waals surface area (Å²) >= 11 is 8.37. The minimum absolute atomic E-state index is 0.0502. The van der Waals surface area contributed by atoms with Crippen LogP contribution in [0.1, 0.15) is 5.82 Å². The van der Waals surface area contributed by atoms with Gasteiger partial charge in [0.15, 0.2) is 0 Å². The zero-order valence-corrected chi connectivity index (χ0v) is 11.4. The average Bonchev–Trinajstić information content (AvgIpc) is 2.30. The molecule has 0 bridgehead atoms. The predicted molar refractivity (Wildman–Crippen MR) is 62.2 cm³/mol. The van der Waals surface area contributed by atoms with E-state index in [0.717, 1.165) is 6.07 Å². The highest BCUT2D eigenvalue weighted by Crippen LogP contribution is 2.43. The number of hydrogen-bond donors (Lipinski definition) is 0. The number of fused-ring (bicyclic) bond motifs is 1. The molecule has 0 saturated heterocycles. The third kappa shape index (κ3) is 2.44. The van der Waals surface area contributed by atoms with Gasteiger partial charge in [-0.05, 0) is 22.0 Å². The van der Waals surface area contributed by atoms with E-state index in [1.165, 1.54) is 0 Å². The van der Waals surface area contributed by atoms with E-state index >= 15 is 0 Å². The van der Waals surface area contributed by atoms with Gasteiger partial charge >= 0.3 is 12.1 Å². The molecule has 0 aliphatic rings. The second-order valence-corrected chi connectivity index (χ2v) is 4.91. The molecule has 0 aliphatic carbocycles. The van der Waals surface area contributed by atoms with Gasteiger partial charge in [0, 0.05) is 11.5 Å². The molecule has 0 radical (unpaired) electrons. The first-order valence-electron chi connectivity index (χ1n) is 4.81. The summed E-state index contributed by atoms with van der Waals surface area (Å²) in [6.07, 6.45) is -5.88. The number of aromatic nitrogens is 2. The summed E-state index contributed by atoms with van der Waals surface area (Å²) in [7, 11) is 0. The van der Waals surface area contributed by atoms with Crippen molar-refractivity contribution in [3.8, 4) is 0 Å². The van der Waals surface area contributed by atoms with Crippen LogP contribution in [0.15, 0.2) is 16.6 Å². The lowest BCUT2D eigenvalue weighted by molar-refractivity contribution is -0.292. The lowest BCUT2D eigenvalue weighted by Crippen LogP contribution is -2.35. The highest BCUT2D eigenvalue weighted by Gasteiger charge is 2.61. The van der Waals surface area contributed by atoms with E-state index in [0.29, 0.717) is 6.07 Å². The largest absolute Gasteiger partial charge is 0.461 e. The van der Waals surface area contributed by atoms with E-state index in [1.807, 2.05) is 0 Å². The van der Waals surface area contributed by atoms with E-state index in [1.54, 1.807) is 0 Å². The second-order valence-electron chi connectivity index (χ2n) is 3.69. The van der Waals surface area contributed by atoms with Crippen molar-refractivity contribution in [1.29, 1.82) is 0 Å². The first-order chi connectivity index (χ1) is 9.04. The fraction of sp³-hybridized carbons (Fsp3) is 0.200. The van der Waals surface area contributed by atoms with Gasteiger partial charge in [-0.25, -0.2) is 14.4 Å². The smallest absolute Gasteiger partial charge is 0.226 e. The number of halogens is 8. The fourth-order valence-corrected chi connectivity index (χ4v) is 1.93. The molecule has 0 spiro atoms. The molecule has 10 heteroatoms. The number of benzene rings is 1. The molecule has 0 fully saturated rings. The van der Waals surface area contributed by atoms with Crippen molar-refractivity contribution in [2.45, 2.75) is 12.1 Å². The Balaban J connectivity index is 2.73.